The van der Waals surface area contributed by atoms with Gasteiger partial charge in [-0.1, -0.05) is 0 Å². The SMILES string of the molecule is CCNc1ncc(Br)cc1S(=O)(=O)Nc1ccncc1C. The summed E-state index contributed by atoms with van der Waals surface area (Å²) in [7, 11) is -3.74. The van der Waals surface area contributed by atoms with Gasteiger partial charge in [-0.15, -0.1) is 0 Å². The minimum absolute atomic E-state index is 0.0925. The minimum Gasteiger partial charge on any atom is -0.369 e. The fourth-order valence-corrected chi connectivity index (χ4v) is 3.49. The van der Waals surface area contributed by atoms with Gasteiger partial charge in [-0.05, 0) is 47.5 Å². The average molecular weight is 371 g/mol. The highest BCUT2D eigenvalue weighted by Gasteiger charge is 2.21. The van der Waals surface area contributed by atoms with Crippen LogP contribution in [0.2, 0.25) is 0 Å². The van der Waals surface area contributed by atoms with E-state index in [4.69, 9.17) is 0 Å². The highest BCUT2D eigenvalue weighted by molar-refractivity contribution is 9.10. The zero-order valence-corrected chi connectivity index (χ0v) is 14.0. The van der Waals surface area contributed by atoms with Crippen molar-refractivity contribution < 1.29 is 8.42 Å². The number of nitrogens with one attached hydrogen (secondary N) is 2. The summed E-state index contributed by atoms with van der Waals surface area (Å²) in [6, 6.07) is 3.13. The molecule has 2 heterocycles. The molecule has 0 fully saturated rings. The number of hydrogen-bond donors (Lipinski definition) is 2. The predicted molar refractivity (Wildman–Crippen MR) is 85.9 cm³/mol. The normalized spacial score (nSPS) is 11.2. The fraction of sp³-hybridized carbons (Fsp3) is 0.231. The number of pyridine rings is 2. The molecule has 0 saturated heterocycles. The molecule has 2 aromatic rings. The van der Waals surface area contributed by atoms with E-state index in [9.17, 15) is 8.42 Å². The molecular formula is C13H15BrN4O2S. The Balaban J connectivity index is 2.44. The van der Waals surface area contributed by atoms with E-state index in [2.05, 4.69) is 35.9 Å². The van der Waals surface area contributed by atoms with Gasteiger partial charge in [-0.25, -0.2) is 13.4 Å². The van der Waals surface area contributed by atoms with Gasteiger partial charge >= 0.3 is 0 Å². The molecule has 0 atom stereocenters. The first-order chi connectivity index (χ1) is 9.94. The van der Waals surface area contributed by atoms with Gasteiger partial charge in [-0.3, -0.25) is 9.71 Å². The Morgan fingerprint density at radius 3 is 2.76 bits per heavy atom. The van der Waals surface area contributed by atoms with E-state index in [1.165, 1.54) is 12.3 Å². The quantitative estimate of drug-likeness (QED) is 0.845. The molecule has 6 nitrogen and oxygen atoms in total. The molecule has 0 amide bonds. The van der Waals surface area contributed by atoms with Crippen molar-refractivity contribution in [1.82, 2.24) is 9.97 Å². The zero-order chi connectivity index (χ0) is 15.5. The number of hydrogen-bond acceptors (Lipinski definition) is 5. The number of halogens is 1. The van der Waals surface area contributed by atoms with Gasteiger partial charge in [0.15, 0.2) is 0 Å². The monoisotopic (exact) mass is 370 g/mol. The molecule has 112 valence electrons. The van der Waals surface area contributed by atoms with Crippen molar-refractivity contribution in [3.8, 4) is 0 Å². The maximum atomic E-state index is 12.6. The maximum Gasteiger partial charge on any atom is 0.265 e. The standard InChI is InChI=1S/C13H15BrN4O2S/c1-3-16-13-12(6-10(14)8-17-13)21(19,20)18-11-4-5-15-7-9(11)2/h4-8H,3H2,1-2H3,(H,15,18)(H,16,17). The van der Waals surface area contributed by atoms with Crippen LogP contribution in [-0.4, -0.2) is 24.9 Å². The molecule has 2 rings (SSSR count). The average Bonchev–Trinajstić information content (AvgIpc) is 2.43. The van der Waals surface area contributed by atoms with Crippen LogP contribution in [0, 0.1) is 6.92 Å². The third-order valence-corrected chi connectivity index (χ3v) is 4.53. The molecule has 0 aliphatic heterocycles. The lowest BCUT2D eigenvalue weighted by atomic mass is 10.3. The number of rotatable bonds is 5. The van der Waals surface area contributed by atoms with Crippen LogP contribution in [0.4, 0.5) is 11.5 Å². The summed E-state index contributed by atoms with van der Waals surface area (Å²) in [5, 5.41) is 2.95. The summed E-state index contributed by atoms with van der Waals surface area (Å²) in [4.78, 5) is 8.14. The van der Waals surface area contributed by atoms with Crippen molar-refractivity contribution in [2.75, 3.05) is 16.6 Å². The van der Waals surface area contributed by atoms with Gasteiger partial charge in [0.2, 0.25) is 0 Å². The lowest BCUT2D eigenvalue weighted by Crippen LogP contribution is -2.17. The topological polar surface area (TPSA) is 84.0 Å². The Bertz CT molecular complexity index is 750. The van der Waals surface area contributed by atoms with Crippen molar-refractivity contribution >= 4 is 37.5 Å². The summed E-state index contributed by atoms with van der Waals surface area (Å²) in [5.41, 5.74) is 1.24. The molecule has 0 aliphatic rings. The Morgan fingerprint density at radius 2 is 2.10 bits per heavy atom. The molecule has 2 aromatic heterocycles. The Kier molecular flexibility index (Phi) is 4.79. The lowest BCUT2D eigenvalue weighted by Gasteiger charge is -2.13. The number of sulfonamides is 1. The van der Waals surface area contributed by atoms with Crippen LogP contribution in [0.5, 0.6) is 0 Å². The van der Waals surface area contributed by atoms with Crippen molar-refractivity contribution in [1.29, 1.82) is 0 Å². The van der Waals surface area contributed by atoms with Crippen LogP contribution in [0.25, 0.3) is 0 Å². The zero-order valence-electron chi connectivity index (χ0n) is 11.6. The van der Waals surface area contributed by atoms with Crippen LogP contribution in [0.3, 0.4) is 0 Å². The fourth-order valence-electron chi connectivity index (χ4n) is 1.71. The summed E-state index contributed by atoms with van der Waals surface area (Å²) in [6.45, 7) is 4.24. The summed E-state index contributed by atoms with van der Waals surface area (Å²) < 4.78 is 28.3. The molecule has 0 aliphatic carbocycles. The molecular weight excluding hydrogens is 356 g/mol. The van der Waals surface area contributed by atoms with Crippen LogP contribution in [-0.2, 0) is 10.0 Å². The third kappa shape index (κ3) is 3.70. The second kappa shape index (κ2) is 6.40. The summed E-state index contributed by atoms with van der Waals surface area (Å²) in [5.74, 6) is 0.319. The highest BCUT2D eigenvalue weighted by Crippen LogP contribution is 2.25. The molecule has 0 radical (unpaired) electrons. The van der Waals surface area contributed by atoms with Crippen molar-refractivity contribution in [2.24, 2.45) is 0 Å². The maximum absolute atomic E-state index is 12.6. The largest absolute Gasteiger partial charge is 0.369 e. The van der Waals surface area contributed by atoms with Crippen molar-refractivity contribution in [3.63, 3.8) is 0 Å². The first kappa shape index (κ1) is 15.7. The first-order valence-corrected chi connectivity index (χ1v) is 8.54. The molecule has 21 heavy (non-hydrogen) atoms. The van der Waals surface area contributed by atoms with E-state index < -0.39 is 10.0 Å². The molecule has 0 unspecified atom stereocenters. The highest BCUT2D eigenvalue weighted by atomic mass is 79.9. The van der Waals surface area contributed by atoms with Gasteiger partial charge in [-0.2, -0.15) is 0 Å². The molecule has 0 saturated carbocycles. The lowest BCUT2D eigenvalue weighted by molar-refractivity contribution is 0.601. The van der Waals surface area contributed by atoms with E-state index in [-0.39, 0.29) is 4.90 Å². The van der Waals surface area contributed by atoms with Crippen molar-refractivity contribution in [2.45, 2.75) is 18.7 Å². The number of nitrogens with zero attached hydrogens (tertiary/aromatic N) is 2. The third-order valence-electron chi connectivity index (χ3n) is 2.72. The second-order valence-corrected chi connectivity index (χ2v) is 6.89. The van der Waals surface area contributed by atoms with E-state index in [0.717, 1.165) is 5.56 Å². The van der Waals surface area contributed by atoms with Gasteiger partial charge in [0, 0.05) is 29.6 Å². The van der Waals surface area contributed by atoms with E-state index in [1.807, 2.05) is 6.92 Å². The summed E-state index contributed by atoms with van der Waals surface area (Å²) in [6.07, 6.45) is 4.69. The van der Waals surface area contributed by atoms with Gasteiger partial charge < -0.3 is 5.32 Å². The van der Waals surface area contributed by atoms with Crippen LogP contribution >= 0.6 is 15.9 Å². The molecule has 0 bridgehead atoms. The minimum atomic E-state index is -3.74. The van der Waals surface area contributed by atoms with E-state index in [1.54, 1.807) is 25.4 Å². The van der Waals surface area contributed by atoms with Gasteiger partial charge in [0.1, 0.15) is 10.7 Å². The molecule has 0 aromatic carbocycles. The van der Waals surface area contributed by atoms with Gasteiger partial charge in [0.05, 0.1) is 5.69 Å². The Morgan fingerprint density at radius 1 is 1.33 bits per heavy atom. The predicted octanol–water partition coefficient (Wildman–Crippen LogP) is 2.78. The Labute approximate surface area is 132 Å². The Hall–Kier alpha value is -1.67. The number of aromatic nitrogens is 2. The molecule has 2 N–H and O–H groups in total. The van der Waals surface area contributed by atoms with Crippen LogP contribution < -0.4 is 10.0 Å². The smallest absolute Gasteiger partial charge is 0.265 e. The van der Waals surface area contributed by atoms with E-state index in [0.29, 0.717) is 22.5 Å². The number of anilines is 2. The number of aryl methyl sites for hydroxylation is 1. The molecule has 8 heteroatoms. The molecule has 0 spiro atoms. The van der Waals surface area contributed by atoms with Crippen LogP contribution in [0.15, 0.2) is 40.1 Å². The van der Waals surface area contributed by atoms with E-state index >= 15 is 0 Å². The summed E-state index contributed by atoms with van der Waals surface area (Å²) >= 11 is 3.25. The van der Waals surface area contributed by atoms with Crippen molar-refractivity contribution in [3.05, 3.63) is 40.8 Å². The first-order valence-electron chi connectivity index (χ1n) is 6.27. The van der Waals surface area contributed by atoms with Crippen LogP contribution in [0.1, 0.15) is 12.5 Å². The van der Waals surface area contributed by atoms with Gasteiger partial charge in [0.25, 0.3) is 10.0 Å². The second-order valence-electron chi connectivity index (χ2n) is 4.33.